The van der Waals surface area contributed by atoms with Gasteiger partial charge in [0, 0.05) is 18.3 Å². The van der Waals surface area contributed by atoms with Crippen molar-refractivity contribution in [2.45, 2.75) is 13.0 Å². The molecule has 27 heavy (non-hydrogen) atoms. The fraction of sp³-hybridized carbons (Fsp3) is 0.100. The van der Waals surface area contributed by atoms with Gasteiger partial charge in [0.05, 0.1) is 5.39 Å². The first-order chi connectivity index (χ1) is 13.2. The molecule has 0 aliphatic carbocycles. The Kier molecular flexibility index (Phi) is 4.49. The number of aromatic nitrogens is 4. The van der Waals surface area contributed by atoms with Crippen LogP contribution in [0.3, 0.4) is 0 Å². The topological polar surface area (TPSA) is 88.6 Å². The number of benzene rings is 2. The average Bonchev–Trinajstić information content (AvgIpc) is 3.14. The van der Waals surface area contributed by atoms with Gasteiger partial charge in [0.15, 0.2) is 11.1 Å². The minimum atomic E-state index is -0.299. The standard InChI is InChI=1S/C20H18N6O/c21-18-17-13-25(12-11-15-7-3-1-4-8-15)23-19(17)22-14-26(18)24-20(27)16-9-5-2-6-10-16/h1-10,13-14,21H,11-12H2,(H,24,27). The predicted molar refractivity (Wildman–Crippen MR) is 102 cm³/mol. The number of fused-ring (bicyclic) bond motifs is 1. The Balaban J connectivity index is 1.55. The summed E-state index contributed by atoms with van der Waals surface area (Å²) in [6.45, 7) is 0.691. The van der Waals surface area contributed by atoms with Gasteiger partial charge in [0.25, 0.3) is 5.91 Å². The lowest BCUT2D eigenvalue weighted by atomic mass is 10.1. The molecule has 2 N–H and O–H groups in total. The summed E-state index contributed by atoms with van der Waals surface area (Å²) in [7, 11) is 0. The van der Waals surface area contributed by atoms with Gasteiger partial charge >= 0.3 is 0 Å². The molecule has 4 rings (SSSR count). The zero-order chi connectivity index (χ0) is 18.6. The van der Waals surface area contributed by atoms with Crippen LogP contribution >= 0.6 is 0 Å². The molecule has 7 heteroatoms. The number of nitrogens with one attached hydrogen (secondary N) is 2. The predicted octanol–water partition coefficient (Wildman–Crippen LogP) is 2.34. The number of carbonyl (C=O) groups excluding carboxylic acids is 1. The third-order valence-electron chi connectivity index (χ3n) is 4.26. The van der Waals surface area contributed by atoms with Crippen molar-refractivity contribution < 1.29 is 4.79 Å². The van der Waals surface area contributed by atoms with Crippen molar-refractivity contribution >= 4 is 16.9 Å². The van der Waals surface area contributed by atoms with Crippen LogP contribution in [0.2, 0.25) is 0 Å². The van der Waals surface area contributed by atoms with Crippen molar-refractivity contribution in [1.82, 2.24) is 19.4 Å². The Bertz CT molecular complexity index is 1130. The molecular weight excluding hydrogens is 340 g/mol. The lowest BCUT2D eigenvalue weighted by Gasteiger charge is -2.08. The molecule has 0 spiro atoms. The Morgan fingerprint density at radius 1 is 1.04 bits per heavy atom. The average molecular weight is 358 g/mol. The molecule has 7 nitrogen and oxygen atoms in total. The van der Waals surface area contributed by atoms with Crippen LogP contribution in [0.25, 0.3) is 11.0 Å². The molecule has 134 valence electrons. The summed E-state index contributed by atoms with van der Waals surface area (Å²) in [4.78, 5) is 16.6. The molecule has 0 fully saturated rings. The van der Waals surface area contributed by atoms with E-state index < -0.39 is 0 Å². The van der Waals surface area contributed by atoms with E-state index in [1.54, 1.807) is 35.1 Å². The molecule has 2 heterocycles. The van der Waals surface area contributed by atoms with E-state index in [1.807, 2.05) is 24.3 Å². The number of nitrogens with zero attached hydrogens (tertiary/aromatic N) is 4. The van der Waals surface area contributed by atoms with E-state index in [9.17, 15) is 4.79 Å². The molecular formula is C20H18N6O. The summed E-state index contributed by atoms with van der Waals surface area (Å²) in [5.41, 5.74) is 5.04. The zero-order valence-corrected chi connectivity index (χ0v) is 14.5. The number of hydrogen-bond acceptors (Lipinski definition) is 4. The highest BCUT2D eigenvalue weighted by atomic mass is 16.2. The molecule has 2 aromatic carbocycles. The monoisotopic (exact) mass is 358 g/mol. The van der Waals surface area contributed by atoms with E-state index in [2.05, 4.69) is 27.6 Å². The van der Waals surface area contributed by atoms with E-state index in [4.69, 9.17) is 5.41 Å². The highest BCUT2D eigenvalue weighted by molar-refractivity contribution is 5.99. The number of amides is 1. The largest absolute Gasteiger partial charge is 0.282 e. The fourth-order valence-corrected chi connectivity index (χ4v) is 2.82. The second kappa shape index (κ2) is 7.25. The minimum absolute atomic E-state index is 0.134. The van der Waals surface area contributed by atoms with Crippen molar-refractivity contribution in [3.63, 3.8) is 0 Å². The first-order valence-electron chi connectivity index (χ1n) is 8.60. The Hall–Kier alpha value is -3.74. The van der Waals surface area contributed by atoms with Crippen LogP contribution in [0.1, 0.15) is 15.9 Å². The second-order valence-electron chi connectivity index (χ2n) is 6.14. The smallest absolute Gasteiger partial charge is 0.270 e. The zero-order valence-electron chi connectivity index (χ0n) is 14.5. The molecule has 0 saturated heterocycles. The van der Waals surface area contributed by atoms with Crippen molar-refractivity contribution in [3.8, 4) is 0 Å². The summed E-state index contributed by atoms with van der Waals surface area (Å²) in [6, 6.07) is 19.0. The SMILES string of the molecule is N=c1c2cn(CCc3ccccc3)nc2ncn1NC(=O)c1ccccc1. The molecule has 0 aliphatic heterocycles. The van der Waals surface area contributed by atoms with Gasteiger partial charge in [-0.15, -0.1) is 0 Å². The van der Waals surface area contributed by atoms with E-state index in [0.717, 1.165) is 6.42 Å². The van der Waals surface area contributed by atoms with Crippen molar-refractivity contribution in [3.05, 3.63) is 89.8 Å². The molecule has 1 amide bonds. The summed E-state index contributed by atoms with van der Waals surface area (Å²) in [5.74, 6) is -0.299. The summed E-state index contributed by atoms with van der Waals surface area (Å²) in [6.07, 6.45) is 4.03. The number of hydrogen-bond donors (Lipinski definition) is 2. The fourth-order valence-electron chi connectivity index (χ4n) is 2.82. The van der Waals surface area contributed by atoms with Crippen molar-refractivity contribution in [1.29, 1.82) is 5.41 Å². The first-order valence-corrected chi connectivity index (χ1v) is 8.60. The molecule has 0 saturated carbocycles. The summed E-state index contributed by atoms with van der Waals surface area (Å²) in [5, 5.41) is 13.4. The van der Waals surface area contributed by atoms with Crippen LogP contribution in [-0.4, -0.2) is 25.3 Å². The lowest BCUT2D eigenvalue weighted by Crippen LogP contribution is -2.33. The van der Waals surface area contributed by atoms with Gasteiger partial charge in [-0.05, 0) is 24.1 Å². The molecule has 0 atom stereocenters. The molecule has 0 bridgehead atoms. The highest BCUT2D eigenvalue weighted by Gasteiger charge is 2.10. The second-order valence-corrected chi connectivity index (χ2v) is 6.14. The minimum Gasteiger partial charge on any atom is -0.282 e. The van der Waals surface area contributed by atoms with Gasteiger partial charge in [-0.3, -0.25) is 20.3 Å². The van der Waals surface area contributed by atoms with Gasteiger partial charge in [0.2, 0.25) is 0 Å². The van der Waals surface area contributed by atoms with Crippen LogP contribution in [0.4, 0.5) is 0 Å². The van der Waals surface area contributed by atoms with Gasteiger partial charge in [-0.25, -0.2) is 9.66 Å². The van der Waals surface area contributed by atoms with Gasteiger partial charge in [-0.1, -0.05) is 48.5 Å². The van der Waals surface area contributed by atoms with Crippen LogP contribution in [0.15, 0.2) is 73.2 Å². The first kappa shape index (κ1) is 16.7. The Morgan fingerprint density at radius 2 is 1.74 bits per heavy atom. The van der Waals surface area contributed by atoms with Crippen LogP contribution in [0.5, 0.6) is 0 Å². The number of carbonyl (C=O) groups is 1. The van der Waals surface area contributed by atoms with Crippen molar-refractivity contribution in [2.24, 2.45) is 0 Å². The quantitative estimate of drug-likeness (QED) is 0.574. The highest BCUT2D eigenvalue weighted by Crippen LogP contribution is 2.06. The Labute approximate surface area is 155 Å². The van der Waals surface area contributed by atoms with E-state index in [-0.39, 0.29) is 11.4 Å². The maximum absolute atomic E-state index is 12.3. The van der Waals surface area contributed by atoms with Crippen LogP contribution < -0.4 is 10.9 Å². The molecule has 0 aliphatic rings. The normalized spacial score (nSPS) is 10.8. The van der Waals surface area contributed by atoms with E-state index >= 15 is 0 Å². The molecule has 0 radical (unpaired) electrons. The third kappa shape index (κ3) is 3.62. The lowest BCUT2D eigenvalue weighted by molar-refractivity contribution is 0.101. The third-order valence-corrected chi connectivity index (χ3v) is 4.26. The van der Waals surface area contributed by atoms with Crippen molar-refractivity contribution in [2.75, 3.05) is 5.43 Å². The van der Waals surface area contributed by atoms with E-state index in [1.165, 1.54) is 16.6 Å². The van der Waals surface area contributed by atoms with Gasteiger partial charge < -0.3 is 0 Å². The molecule has 2 aromatic heterocycles. The molecule has 0 unspecified atom stereocenters. The Morgan fingerprint density at radius 3 is 2.48 bits per heavy atom. The van der Waals surface area contributed by atoms with E-state index in [0.29, 0.717) is 23.1 Å². The van der Waals surface area contributed by atoms with Crippen LogP contribution in [-0.2, 0) is 13.0 Å². The molecule has 4 aromatic rings. The van der Waals surface area contributed by atoms with Gasteiger partial charge in [0.1, 0.15) is 6.33 Å². The number of rotatable bonds is 5. The maximum atomic E-state index is 12.3. The summed E-state index contributed by atoms with van der Waals surface area (Å²) >= 11 is 0. The maximum Gasteiger partial charge on any atom is 0.270 e. The van der Waals surface area contributed by atoms with Gasteiger partial charge in [-0.2, -0.15) is 5.10 Å². The van der Waals surface area contributed by atoms with Crippen LogP contribution in [0, 0.1) is 5.41 Å². The number of aryl methyl sites for hydroxylation is 2. The summed E-state index contributed by atoms with van der Waals surface area (Å²) < 4.78 is 3.09.